The van der Waals surface area contributed by atoms with Crippen molar-refractivity contribution in [2.75, 3.05) is 12.4 Å². The zero-order chi connectivity index (χ0) is 21.5. The van der Waals surface area contributed by atoms with Crippen LogP contribution in [0.4, 0.5) is 5.69 Å². The zero-order valence-corrected chi connectivity index (χ0v) is 17.9. The second-order valence-electron chi connectivity index (χ2n) is 6.70. The molecule has 1 heterocycles. The first-order valence-corrected chi connectivity index (χ1v) is 10.2. The maximum atomic E-state index is 12.3. The van der Waals surface area contributed by atoms with Crippen LogP contribution in [0, 0.1) is 6.92 Å². The van der Waals surface area contributed by atoms with Crippen molar-refractivity contribution in [2.45, 2.75) is 20.3 Å². The fraction of sp³-hybridized carbons (Fsp3) is 0.174. The summed E-state index contributed by atoms with van der Waals surface area (Å²) in [6.45, 7) is 3.77. The fourth-order valence-electron chi connectivity index (χ4n) is 2.75. The summed E-state index contributed by atoms with van der Waals surface area (Å²) in [5.41, 5.74) is 5.56. The molecule has 7 heteroatoms. The largest absolute Gasteiger partial charge is 0.497 e. The topological polar surface area (TPSA) is 79.8 Å². The van der Waals surface area contributed by atoms with Gasteiger partial charge in [0.25, 0.3) is 5.91 Å². The quantitative estimate of drug-likeness (QED) is 0.438. The number of aryl methyl sites for hydroxylation is 1. The Balaban J connectivity index is 1.60. The molecule has 3 aromatic rings. The van der Waals surface area contributed by atoms with Crippen molar-refractivity contribution in [3.63, 3.8) is 0 Å². The maximum Gasteiger partial charge on any atom is 0.265 e. The Labute approximate surface area is 179 Å². The summed E-state index contributed by atoms with van der Waals surface area (Å²) in [4.78, 5) is 26.3. The zero-order valence-electron chi connectivity index (χ0n) is 17.1. The highest BCUT2D eigenvalue weighted by atomic mass is 32.1. The molecule has 3 rings (SSSR count). The van der Waals surface area contributed by atoms with Crippen molar-refractivity contribution in [1.29, 1.82) is 0 Å². The summed E-state index contributed by atoms with van der Waals surface area (Å²) >= 11 is 1.45. The van der Waals surface area contributed by atoms with E-state index in [4.69, 9.17) is 4.74 Å². The van der Waals surface area contributed by atoms with Gasteiger partial charge in [0.2, 0.25) is 5.91 Å². The van der Waals surface area contributed by atoms with E-state index in [1.54, 1.807) is 14.0 Å². The second-order valence-corrected chi connectivity index (χ2v) is 7.99. The van der Waals surface area contributed by atoms with Crippen LogP contribution in [0.2, 0.25) is 0 Å². The minimum Gasteiger partial charge on any atom is -0.497 e. The number of methoxy groups -OCH3 is 1. The van der Waals surface area contributed by atoms with Gasteiger partial charge in [0.05, 0.1) is 24.1 Å². The van der Waals surface area contributed by atoms with Gasteiger partial charge in [-0.15, -0.1) is 11.3 Å². The van der Waals surface area contributed by atoms with Gasteiger partial charge >= 0.3 is 0 Å². The summed E-state index contributed by atoms with van der Waals surface area (Å²) in [5, 5.41) is 7.08. The van der Waals surface area contributed by atoms with Gasteiger partial charge in [-0.1, -0.05) is 24.3 Å². The molecule has 6 nitrogen and oxygen atoms in total. The van der Waals surface area contributed by atoms with E-state index in [-0.39, 0.29) is 18.2 Å². The minimum absolute atomic E-state index is 0.146. The van der Waals surface area contributed by atoms with Crippen LogP contribution in [0.25, 0.3) is 0 Å². The lowest BCUT2D eigenvalue weighted by molar-refractivity contribution is -0.120. The number of ether oxygens (including phenoxy) is 1. The summed E-state index contributed by atoms with van der Waals surface area (Å²) in [7, 11) is 1.60. The predicted molar refractivity (Wildman–Crippen MR) is 121 cm³/mol. The smallest absolute Gasteiger partial charge is 0.265 e. The van der Waals surface area contributed by atoms with Crippen LogP contribution < -0.4 is 15.5 Å². The number of rotatable bonds is 7. The highest BCUT2D eigenvalue weighted by Gasteiger charge is 2.09. The molecule has 0 atom stereocenters. The monoisotopic (exact) mass is 421 g/mol. The number of benzene rings is 2. The van der Waals surface area contributed by atoms with Crippen LogP contribution in [-0.4, -0.2) is 24.6 Å². The van der Waals surface area contributed by atoms with E-state index >= 15 is 0 Å². The van der Waals surface area contributed by atoms with E-state index in [0.717, 1.165) is 21.8 Å². The van der Waals surface area contributed by atoms with Gasteiger partial charge < -0.3 is 10.1 Å². The molecule has 0 bridgehead atoms. The Hall–Kier alpha value is -3.45. The molecule has 0 aliphatic carbocycles. The molecule has 0 saturated heterocycles. The predicted octanol–water partition coefficient (Wildman–Crippen LogP) is 4.40. The van der Waals surface area contributed by atoms with Crippen LogP contribution in [0.3, 0.4) is 0 Å². The molecule has 0 saturated carbocycles. The third-order valence-corrected chi connectivity index (χ3v) is 5.37. The SMILES string of the molecule is COc1ccc(CC(=O)N/N=C(\C)c2cccc(NC(=O)c3ccc(C)s3)c2)cc1. The Morgan fingerprint density at radius 1 is 1.07 bits per heavy atom. The van der Waals surface area contributed by atoms with Gasteiger partial charge in [-0.05, 0) is 61.4 Å². The highest BCUT2D eigenvalue weighted by molar-refractivity contribution is 7.14. The number of hydrogen-bond acceptors (Lipinski definition) is 5. The number of amides is 2. The van der Waals surface area contributed by atoms with Gasteiger partial charge in [0.1, 0.15) is 5.75 Å². The molecule has 154 valence electrons. The molecule has 30 heavy (non-hydrogen) atoms. The number of nitrogens with zero attached hydrogens (tertiary/aromatic N) is 1. The minimum atomic E-state index is -0.211. The molecular formula is C23H23N3O3S. The summed E-state index contributed by atoms with van der Waals surface area (Å²) in [6, 6.07) is 18.4. The molecule has 0 radical (unpaired) electrons. The van der Waals surface area contributed by atoms with Gasteiger partial charge in [0.15, 0.2) is 0 Å². The highest BCUT2D eigenvalue weighted by Crippen LogP contribution is 2.18. The van der Waals surface area contributed by atoms with Crippen molar-refractivity contribution < 1.29 is 14.3 Å². The number of anilines is 1. The number of nitrogens with one attached hydrogen (secondary N) is 2. The number of carbonyl (C=O) groups is 2. The van der Waals surface area contributed by atoms with E-state index in [1.165, 1.54) is 11.3 Å². The van der Waals surface area contributed by atoms with Crippen LogP contribution in [-0.2, 0) is 11.2 Å². The van der Waals surface area contributed by atoms with Crippen molar-refractivity contribution >= 4 is 34.6 Å². The number of hydrogen-bond donors (Lipinski definition) is 2. The molecular weight excluding hydrogens is 398 g/mol. The Kier molecular flexibility index (Phi) is 6.98. The summed E-state index contributed by atoms with van der Waals surface area (Å²) < 4.78 is 5.11. The van der Waals surface area contributed by atoms with E-state index in [9.17, 15) is 9.59 Å². The Bertz CT molecular complexity index is 1070. The van der Waals surface area contributed by atoms with Crippen molar-refractivity contribution in [1.82, 2.24) is 5.43 Å². The molecule has 2 N–H and O–H groups in total. The standard InChI is InChI=1S/C23H23N3O3S/c1-15-7-12-21(30-15)23(28)24-19-6-4-5-18(14-19)16(2)25-26-22(27)13-17-8-10-20(29-3)11-9-17/h4-12,14H,13H2,1-3H3,(H,24,28)(H,26,27)/b25-16+. The van der Waals surface area contributed by atoms with Crippen LogP contribution in [0.5, 0.6) is 5.75 Å². The number of carbonyl (C=O) groups excluding carboxylic acids is 2. The second kappa shape index (κ2) is 9.84. The molecule has 0 unspecified atom stereocenters. The molecule has 2 amide bonds. The Morgan fingerprint density at radius 2 is 1.83 bits per heavy atom. The first-order valence-electron chi connectivity index (χ1n) is 9.39. The van der Waals surface area contributed by atoms with Gasteiger partial charge in [-0.3, -0.25) is 9.59 Å². The number of hydrazone groups is 1. The first kappa shape index (κ1) is 21.3. The molecule has 2 aromatic carbocycles. The third kappa shape index (κ3) is 5.78. The van der Waals surface area contributed by atoms with E-state index < -0.39 is 0 Å². The molecule has 0 fully saturated rings. The lowest BCUT2D eigenvalue weighted by Gasteiger charge is -2.07. The van der Waals surface area contributed by atoms with E-state index in [1.807, 2.05) is 67.6 Å². The lowest BCUT2D eigenvalue weighted by atomic mass is 10.1. The Morgan fingerprint density at radius 3 is 2.50 bits per heavy atom. The van der Waals surface area contributed by atoms with E-state index in [2.05, 4.69) is 15.8 Å². The molecule has 1 aromatic heterocycles. The van der Waals surface area contributed by atoms with Gasteiger partial charge in [-0.25, -0.2) is 5.43 Å². The van der Waals surface area contributed by atoms with Crippen molar-refractivity contribution in [3.8, 4) is 5.75 Å². The van der Waals surface area contributed by atoms with Crippen LogP contribution >= 0.6 is 11.3 Å². The normalized spacial score (nSPS) is 11.1. The van der Waals surface area contributed by atoms with Gasteiger partial charge in [0, 0.05) is 10.6 Å². The van der Waals surface area contributed by atoms with Crippen molar-refractivity contribution in [2.24, 2.45) is 5.10 Å². The van der Waals surface area contributed by atoms with Crippen LogP contribution in [0.15, 0.2) is 65.8 Å². The summed E-state index contributed by atoms with van der Waals surface area (Å²) in [5.74, 6) is 0.388. The third-order valence-electron chi connectivity index (χ3n) is 4.37. The molecule has 0 aliphatic heterocycles. The fourth-order valence-corrected chi connectivity index (χ4v) is 3.51. The first-order chi connectivity index (χ1) is 14.4. The average molecular weight is 422 g/mol. The average Bonchev–Trinajstić information content (AvgIpc) is 3.19. The number of thiophene rings is 1. The molecule has 0 aliphatic rings. The lowest BCUT2D eigenvalue weighted by Crippen LogP contribution is -2.21. The van der Waals surface area contributed by atoms with Crippen LogP contribution in [0.1, 0.15) is 32.6 Å². The molecule has 0 spiro atoms. The maximum absolute atomic E-state index is 12.3. The van der Waals surface area contributed by atoms with Crippen molar-refractivity contribution in [3.05, 3.63) is 81.5 Å². The van der Waals surface area contributed by atoms with Gasteiger partial charge in [-0.2, -0.15) is 5.10 Å². The van der Waals surface area contributed by atoms with E-state index in [0.29, 0.717) is 16.3 Å². The summed E-state index contributed by atoms with van der Waals surface area (Å²) in [6.07, 6.45) is 0.219.